The van der Waals surface area contributed by atoms with Gasteiger partial charge in [0, 0.05) is 0 Å². The van der Waals surface area contributed by atoms with Crippen molar-refractivity contribution in [1.29, 1.82) is 0 Å². The number of thiazole rings is 1. The zero-order valence-electron chi connectivity index (χ0n) is 7.85. The standard InChI is InChI=1S/C7H12N2O3S2/c1-7(2,11)5-4(3-10)9-6(13-5)14(8)12/h10-11H,3,8H2,1-2H3/t14-/m0/s1. The molecule has 14 heavy (non-hydrogen) atoms. The average Bonchev–Trinajstić information content (AvgIpc) is 2.46. The Hall–Kier alpha value is -0.180. The van der Waals surface area contributed by atoms with Crippen LogP contribution in [0.2, 0.25) is 0 Å². The van der Waals surface area contributed by atoms with Crippen LogP contribution < -0.4 is 5.14 Å². The molecular formula is C7H12N2O3S2. The summed E-state index contributed by atoms with van der Waals surface area (Å²) < 4.78 is 11.1. The predicted molar refractivity (Wildman–Crippen MR) is 53.9 cm³/mol. The molecule has 0 amide bonds. The molecule has 80 valence electrons. The fourth-order valence-electron chi connectivity index (χ4n) is 1.00. The summed E-state index contributed by atoms with van der Waals surface area (Å²) in [6.07, 6.45) is 0. The van der Waals surface area contributed by atoms with Crippen molar-refractivity contribution in [2.24, 2.45) is 5.14 Å². The maximum absolute atomic E-state index is 10.9. The summed E-state index contributed by atoms with van der Waals surface area (Å²) in [4.78, 5) is 4.37. The Morgan fingerprint density at radius 3 is 2.50 bits per heavy atom. The van der Waals surface area contributed by atoms with Gasteiger partial charge in [-0.3, -0.25) is 0 Å². The third-order valence-corrected chi connectivity index (χ3v) is 3.94. The van der Waals surface area contributed by atoms with E-state index < -0.39 is 17.0 Å². The van der Waals surface area contributed by atoms with Crippen molar-refractivity contribution in [2.45, 2.75) is 30.4 Å². The Balaban J connectivity index is 3.16. The van der Waals surface area contributed by atoms with Gasteiger partial charge in [0.25, 0.3) is 0 Å². The Morgan fingerprint density at radius 1 is 1.64 bits per heavy atom. The van der Waals surface area contributed by atoms with Crippen LogP contribution in [0.4, 0.5) is 0 Å². The molecule has 0 aliphatic carbocycles. The minimum Gasteiger partial charge on any atom is -0.591 e. The molecule has 1 aromatic rings. The van der Waals surface area contributed by atoms with Crippen molar-refractivity contribution in [1.82, 2.24) is 4.98 Å². The van der Waals surface area contributed by atoms with Crippen molar-refractivity contribution in [2.75, 3.05) is 0 Å². The summed E-state index contributed by atoms with van der Waals surface area (Å²) >= 11 is -0.617. The molecule has 1 rings (SSSR count). The second-order valence-corrected chi connectivity index (χ2v) is 5.51. The lowest BCUT2D eigenvalue weighted by Crippen LogP contribution is -2.15. The number of aliphatic hydroxyl groups is 2. The summed E-state index contributed by atoms with van der Waals surface area (Å²) in [6, 6.07) is 0. The molecule has 0 fully saturated rings. The molecule has 0 aliphatic rings. The van der Waals surface area contributed by atoms with Crippen LogP contribution in [0, 0.1) is 0 Å². The van der Waals surface area contributed by atoms with Gasteiger partial charge in [-0.25, -0.2) is 0 Å². The highest BCUT2D eigenvalue weighted by Crippen LogP contribution is 2.31. The second kappa shape index (κ2) is 4.13. The normalized spacial score (nSPS) is 14.4. The van der Waals surface area contributed by atoms with Crippen molar-refractivity contribution >= 4 is 22.7 Å². The Kier molecular flexibility index (Phi) is 3.51. The van der Waals surface area contributed by atoms with E-state index >= 15 is 0 Å². The molecule has 5 nitrogen and oxygen atoms in total. The summed E-state index contributed by atoms with van der Waals surface area (Å²) in [5.74, 6) is 0. The number of aliphatic hydroxyl groups excluding tert-OH is 1. The van der Waals surface area contributed by atoms with Gasteiger partial charge in [-0.15, -0.1) is 5.14 Å². The molecule has 0 aliphatic heterocycles. The Labute approximate surface area is 88.9 Å². The van der Waals surface area contributed by atoms with Gasteiger partial charge in [-0.2, -0.15) is 4.98 Å². The number of hydrogen-bond donors (Lipinski definition) is 3. The maximum Gasteiger partial charge on any atom is 0.323 e. The first kappa shape index (κ1) is 11.9. The summed E-state index contributed by atoms with van der Waals surface area (Å²) in [6.45, 7) is 2.85. The van der Waals surface area contributed by atoms with Crippen LogP contribution in [0.5, 0.6) is 0 Å². The number of nitrogens with two attached hydrogens (primary N) is 1. The molecule has 0 saturated carbocycles. The first-order valence-corrected chi connectivity index (χ1v) is 5.88. The number of aromatic nitrogens is 1. The molecule has 1 atom stereocenters. The molecule has 7 heteroatoms. The molecule has 0 saturated heterocycles. The third-order valence-electron chi connectivity index (χ3n) is 1.56. The zero-order valence-corrected chi connectivity index (χ0v) is 9.48. The van der Waals surface area contributed by atoms with Gasteiger partial charge in [-0.05, 0) is 13.8 Å². The highest BCUT2D eigenvalue weighted by atomic mass is 32.2. The minimum atomic E-state index is -1.67. The van der Waals surface area contributed by atoms with E-state index in [-0.39, 0.29) is 10.9 Å². The maximum atomic E-state index is 10.9. The average molecular weight is 236 g/mol. The molecule has 4 N–H and O–H groups in total. The van der Waals surface area contributed by atoms with Crippen LogP contribution in [-0.4, -0.2) is 19.7 Å². The van der Waals surface area contributed by atoms with Crippen LogP contribution in [0.1, 0.15) is 24.4 Å². The Morgan fingerprint density at radius 2 is 2.21 bits per heavy atom. The van der Waals surface area contributed by atoms with E-state index in [1.807, 2.05) is 0 Å². The summed E-state index contributed by atoms with van der Waals surface area (Å²) in [5.41, 5.74) is -0.774. The lowest BCUT2D eigenvalue weighted by Gasteiger charge is -2.15. The third kappa shape index (κ3) is 2.44. The van der Waals surface area contributed by atoms with Crippen molar-refractivity contribution < 1.29 is 14.8 Å². The topological polar surface area (TPSA) is 102 Å². The van der Waals surface area contributed by atoms with E-state index in [1.165, 1.54) is 0 Å². The predicted octanol–water partition coefficient (Wildman–Crippen LogP) is -0.156. The number of rotatable bonds is 3. The molecule has 0 aromatic carbocycles. The molecule has 0 radical (unpaired) electrons. The van der Waals surface area contributed by atoms with Crippen molar-refractivity contribution in [3.63, 3.8) is 0 Å². The molecule has 1 heterocycles. The van der Waals surface area contributed by atoms with Gasteiger partial charge >= 0.3 is 4.34 Å². The fraction of sp³-hybridized carbons (Fsp3) is 0.571. The Bertz CT molecular complexity index is 319. The fourth-order valence-corrected chi connectivity index (χ4v) is 2.59. The molecule has 0 spiro atoms. The van der Waals surface area contributed by atoms with E-state index in [1.54, 1.807) is 13.8 Å². The first-order valence-electron chi connectivity index (χ1n) is 3.86. The van der Waals surface area contributed by atoms with Gasteiger partial charge in [0.2, 0.25) is 0 Å². The summed E-state index contributed by atoms with van der Waals surface area (Å²) in [5, 5.41) is 23.8. The van der Waals surface area contributed by atoms with E-state index in [0.29, 0.717) is 10.6 Å². The van der Waals surface area contributed by atoms with Crippen molar-refractivity contribution in [3.8, 4) is 0 Å². The van der Waals surface area contributed by atoms with E-state index in [0.717, 1.165) is 11.3 Å². The monoisotopic (exact) mass is 236 g/mol. The van der Waals surface area contributed by atoms with Gasteiger partial charge < -0.3 is 14.8 Å². The van der Waals surface area contributed by atoms with Crippen LogP contribution >= 0.6 is 11.3 Å². The van der Waals surface area contributed by atoms with Crippen molar-refractivity contribution in [3.05, 3.63) is 10.6 Å². The number of nitrogens with zero attached hydrogens (tertiary/aromatic N) is 1. The van der Waals surface area contributed by atoms with E-state index in [4.69, 9.17) is 10.2 Å². The van der Waals surface area contributed by atoms with Gasteiger partial charge in [0.05, 0.1) is 22.8 Å². The smallest absolute Gasteiger partial charge is 0.323 e. The van der Waals surface area contributed by atoms with Crippen LogP contribution in [0.15, 0.2) is 4.34 Å². The van der Waals surface area contributed by atoms with E-state index in [2.05, 4.69) is 4.98 Å². The van der Waals surface area contributed by atoms with Gasteiger partial charge in [0.1, 0.15) is 11.4 Å². The second-order valence-electron chi connectivity index (χ2n) is 3.27. The summed E-state index contributed by atoms with van der Waals surface area (Å²) in [7, 11) is 0. The highest BCUT2D eigenvalue weighted by molar-refractivity contribution is 7.91. The highest BCUT2D eigenvalue weighted by Gasteiger charge is 2.27. The number of hydrogen-bond acceptors (Lipinski definition) is 6. The minimum absolute atomic E-state index is 0.214. The zero-order chi connectivity index (χ0) is 10.9. The first-order chi connectivity index (χ1) is 6.36. The van der Waals surface area contributed by atoms with Crippen LogP contribution in [0.25, 0.3) is 0 Å². The molecule has 0 bridgehead atoms. The molecule has 0 unspecified atom stereocenters. The SMILES string of the molecule is CC(C)(O)c1sc([S@@+](N)[O-])nc1CO. The lowest BCUT2D eigenvalue weighted by atomic mass is 10.1. The van der Waals surface area contributed by atoms with Crippen LogP contribution in [0.3, 0.4) is 0 Å². The lowest BCUT2D eigenvalue weighted by molar-refractivity contribution is 0.0796. The molecular weight excluding hydrogens is 224 g/mol. The van der Waals surface area contributed by atoms with E-state index in [9.17, 15) is 9.66 Å². The quantitative estimate of drug-likeness (QED) is 0.633. The largest absolute Gasteiger partial charge is 0.591 e. The molecule has 1 aromatic heterocycles. The van der Waals surface area contributed by atoms with Gasteiger partial charge in [0.15, 0.2) is 0 Å². The van der Waals surface area contributed by atoms with Gasteiger partial charge in [-0.1, -0.05) is 11.3 Å². The van der Waals surface area contributed by atoms with Crippen LogP contribution in [-0.2, 0) is 23.6 Å².